The van der Waals surface area contributed by atoms with Crippen LogP contribution < -0.4 is 15.5 Å². The van der Waals surface area contributed by atoms with E-state index in [1.54, 1.807) is 0 Å². The number of nitrogens with zero attached hydrogens (tertiary/aromatic N) is 1. The van der Waals surface area contributed by atoms with E-state index < -0.39 is 6.04 Å². The number of hydrogen-bond donors (Lipinski definition) is 2. The predicted octanol–water partition coefficient (Wildman–Crippen LogP) is 2.14. The molecule has 2 fully saturated rings. The van der Waals surface area contributed by atoms with Crippen molar-refractivity contribution in [2.75, 3.05) is 23.3 Å². The van der Waals surface area contributed by atoms with Crippen LogP contribution in [-0.4, -0.2) is 30.9 Å². The van der Waals surface area contributed by atoms with Gasteiger partial charge >= 0.3 is 0 Å². The quantitative estimate of drug-likeness (QED) is 0.899. The zero-order valence-corrected chi connectivity index (χ0v) is 13.0. The van der Waals surface area contributed by atoms with E-state index in [4.69, 9.17) is 0 Å². The molecule has 0 aliphatic carbocycles. The molecule has 2 aliphatic heterocycles. The fourth-order valence-corrected chi connectivity index (χ4v) is 3.06. The number of hydrogen-bond acceptors (Lipinski definition) is 3. The summed E-state index contributed by atoms with van der Waals surface area (Å²) in [6.45, 7) is 4.50. The molecule has 1 unspecified atom stereocenters. The van der Waals surface area contributed by atoms with Crippen LogP contribution in [-0.2, 0) is 9.59 Å². The Labute approximate surface area is 131 Å². The number of benzene rings is 1. The summed E-state index contributed by atoms with van der Waals surface area (Å²) in [6, 6.07) is 7.58. The molecule has 22 heavy (non-hydrogen) atoms. The molecule has 2 amide bonds. The highest BCUT2D eigenvalue weighted by Crippen LogP contribution is 2.24. The Morgan fingerprint density at radius 3 is 2.45 bits per heavy atom. The van der Waals surface area contributed by atoms with Gasteiger partial charge in [-0.25, -0.2) is 0 Å². The van der Waals surface area contributed by atoms with Crippen molar-refractivity contribution in [3.8, 4) is 0 Å². The van der Waals surface area contributed by atoms with Crippen molar-refractivity contribution < 1.29 is 9.59 Å². The minimum atomic E-state index is -0.393. The molecule has 5 heteroatoms. The summed E-state index contributed by atoms with van der Waals surface area (Å²) in [4.78, 5) is 25.6. The van der Waals surface area contributed by atoms with Gasteiger partial charge in [0.2, 0.25) is 11.8 Å². The lowest BCUT2D eigenvalue weighted by molar-refractivity contribution is -0.122. The zero-order valence-electron chi connectivity index (χ0n) is 13.0. The molecule has 118 valence electrons. The first-order chi connectivity index (χ1) is 10.6. The Hall–Kier alpha value is -2.04. The van der Waals surface area contributed by atoms with E-state index in [0.717, 1.165) is 24.7 Å². The Bertz CT molecular complexity index is 548. The minimum absolute atomic E-state index is 0.0465. The van der Waals surface area contributed by atoms with Crippen LogP contribution in [0.4, 0.5) is 11.4 Å². The summed E-state index contributed by atoms with van der Waals surface area (Å²) >= 11 is 0. The monoisotopic (exact) mass is 301 g/mol. The largest absolute Gasteiger partial charge is 0.372 e. The van der Waals surface area contributed by atoms with Crippen molar-refractivity contribution >= 4 is 23.2 Å². The van der Waals surface area contributed by atoms with Gasteiger partial charge in [0, 0.05) is 30.9 Å². The van der Waals surface area contributed by atoms with Crippen LogP contribution in [0.25, 0.3) is 0 Å². The Morgan fingerprint density at radius 1 is 1.18 bits per heavy atom. The summed E-state index contributed by atoms with van der Waals surface area (Å²) in [6.07, 6.45) is 3.48. The first-order valence-electron chi connectivity index (χ1n) is 8.07. The van der Waals surface area contributed by atoms with Gasteiger partial charge in [0.25, 0.3) is 0 Å². The number of rotatable bonds is 3. The molecule has 0 spiro atoms. The van der Waals surface area contributed by atoms with E-state index in [9.17, 15) is 9.59 Å². The first-order valence-corrected chi connectivity index (χ1v) is 8.07. The minimum Gasteiger partial charge on any atom is -0.372 e. The van der Waals surface area contributed by atoms with Crippen molar-refractivity contribution in [3.05, 3.63) is 24.3 Å². The maximum Gasteiger partial charge on any atom is 0.246 e. The standard InChI is InChI=1S/C17H23N3O2/c1-12-8-10-20(11-9-12)14-4-2-13(3-5-14)18-17(22)15-6-7-16(21)19-15/h2-5,12,15H,6-11H2,1H3,(H,18,22)(H,19,21). The Morgan fingerprint density at radius 2 is 1.86 bits per heavy atom. The van der Waals surface area contributed by atoms with Crippen LogP contribution in [0.15, 0.2) is 24.3 Å². The molecule has 0 saturated carbocycles. The van der Waals surface area contributed by atoms with Crippen molar-refractivity contribution in [3.63, 3.8) is 0 Å². The van der Waals surface area contributed by atoms with Crippen LogP contribution in [0.1, 0.15) is 32.6 Å². The van der Waals surface area contributed by atoms with Crippen LogP contribution >= 0.6 is 0 Å². The average molecular weight is 301 g/mol. The number of nitrogens with one attached hydrogen (secondary N) is 2. The SMILES string of the molecule is CC1CCN(c2ccc(NC(=O)C3CCC(=O)N3)cc2)CC1. The molecule has 1 aromatic rings. The molecule has 2 saturated heterocycles. The molecule has 0 radical (unpaired) electrons. The van der Waals surface area contributed by atoms with Gasteiger partial charge < -0.3 is 15.5 Å². The molecule has 0 aromatic heterocycles. The number of carbonyl (C=O) groups excluding carboxylic acids is 2. The molecule has 0 bridgehead atoms. The second-order valence-corrected chi connectivity index (χ2v) is 6.36. The van der Waals surface area contributed by atoms with Crippen molar-refractivity contribution in [1.82, 2.24) is 5.32 Å². The second kappa shape index (κ2) is 6.38. The molecule has 1 aromatic carbocycles. The molecule has 5 nitrogen and oxygen atoms in total. The molecule has 2 heterocycles. The lowest BCUT2D eigenvalue weighted by Crippen LogP contribution is -2.37. The van der Waals surface area contributed by atoms with Gasteiger partial charge in [-0.3, -0.25) is 9.59 Å². The molecular weight excluding hydrogens is 278 g/mol. The number of piperidine rings is 1. The maximum atomic E-state index is 12.0. The summed E-state index contributed by atoms with van der Waals surface area (Å²) in [5, 5.41) is 5.55. The highest BCUT2D eigenvalue weighted by atomic mass is 16.2. The third-order valence-electron chi connectivity index (χ3n) is 4.60. The molecule has 2 aliphatic rings. The van der Waals surface area contributed by atoms with Gasteiger partial charge in [0.15, 0.2) is 0 Å². The molecule has 3 rings (SSSR count). The number of anilines is 2. The lowest BCUT2D eigenvalue weighted by atomic mass is 9.99. The fraction of sp³-hybridized carbons (Fsp3) is 0.529. The first kappa shape index (κ1) is 14.9. The number of amides is 2. The normalized spacial score (nSPS) is 22.5. The lowest BCUT2D eigenvalue weighted by Gasteiger charge is -2.32. The van der Waals surface area contributed by atoms with Crippen molar-refractivity contribution in [2.45, 2.75) is 38.6 Å². The molecular formula is C17H23N3O2. The smallest absolute Gasteiger partial charge is 0.246 e. The van der Waals surface area contributed by atoms with Crippen LogP contribution in [0, 0.1) is 5.92 Å². The van der Waals surface area contributed by atoms with Gasteiger partial charge in [-0.15, -0.1) is 0 Å². The fourth-order valence-electron chi connectivity index (χ4n) is 3.06. The second-order valence-electron chi connectivity index (χ2n) is 6.36. The Balaban J connectivity index is 1.57. The van der Waals surface area contributed by atoms with E-state index in [-0.39, 0.29) is 11.8 Å². The van der Waals surface area contributed by atoms with E-state index in [0.29, 0.717) is 12.8 Å². The van der Waals surface area contributed by atoms with Crippen molar-refractivity contribution in [2.24, 2.45) is 5.92 Å². The van der Waals surface area contributed by atoms with E-state index in [1.807, 2.05) is 12.1 Å². The third kappa shape index (κ3) is 3.40. The van der Waals surface area contributed by atoms with Gasteiger partial charge in [-0.05, 0) is 49.4 Å². The van der Waals surface area contributed by atoms with Gasteiger partial charge in [0.1, 0.15) is 6.04 Å². The van der Waals surface area contributed by atoms with Gasteiger partial charge in [0.05, 0.1) is 0 Å². The van der Waals surface area contributed by atoms with Crippen LogP contribution in [0.5, 0.6) is 0 Å². The van der Waals surface area contributed by atoms with Crippen molar-refractivity contribution in [1.29, 1.82) is 0 Å². The zero-order chi connectivity index (χ0) is 15.5. The highest BCUT2D eigenvalue weighted by molar-refractivity contribution is 5.99. The van der Waals surface area contributed by atoms with E-state index >= 15 is 0 Å². The van der Waals surface area contributed by atoms with Gasteiger partial charge in [-0.1, -0.05) is 6.92 Å². The third-order valence-corrected chi connectivity index (χ3v) is 4.60. The van der Waals surface area contributed by atoms with E-state index in [2.05, 4.69) is 34.6 Å². The predicted molar refractivity (Wildman–Crippen MR) is 86.8 cm³/mol. The van der Waals surface area contributed by atoms with Crippen LogP contribution in [0.3, 0.4) is 0 Å². The molecule has 2 N–H and O–H groups in total. The summed E-state index contributed by atoms with van der Waals surface area (Å²) < 4.78 is 0. The average Bonchev–Trinajstić information content (AvgIpc) is 2.96. The Kier molecular flexibility index (Phi) is 4.32. The number of carbonyl (C=O) groups is 2. The van der Waals surface area contributed by atoms with E-state index in [1.165, 1.54) is 18.5 Å². The topological polar surface area (TPSA) is 61.4 Å². The highest BCUT2D eigenvalue weighted by Gasteiger charge is 2.27. The summed E-state index contributed by atoms with van der Waals surface area (Å²) in [5.74, 6) is 0.636. The van der Waals surface area contributed by atoms with Gasteiger partial charge in [-0.2, -0.15) is 0 Å². The summed E-state index contributed by atoms with van der Waals surface area (Å²) in [5.41, 5.74) is 1.99. The maximum absolute atomic E-state index is 12.0. The summed E-state index contributed by atoms with van der Waals surface area (Å²) in [7, 11) is 0. The molecule has 1 atom stereocenters. The van der Waals surface area contributed by atoms with Crippen LogP contribution in [0.2, 0.25) is 0 Å².